The molecule has 0 heterocycles. The average Bonchev–Trinajstić information content (AvgIpc) is 3.17. The SMILES string of the molecule is NC(=S)C1(C(=O)NCc2ccc(S(N)(=O)=O)cc2)CC1. The van der Waals surface area contributed by atoms with Crippen molar-refractivity contribution in [2.45, 2.75) is 24.3 Å². The minimum absolute atomic E-state index is 0.0365. The topological polar surface area (TPSA) is 115 Å². The zero-order chi connectivity index (χ0) is 15.0. The Kier molecular flexibility index (Phi) is 3.81. The Morgan fingerprint density at radius 2 is 1.85 bits per heavy atom. The fourth-order valence-corrected chi connectivity index (χ4v) is 2.67. The van der Waals surface area contributed by atoms with Crippen LogP contribution < -0.4 is 16.2 Å². The zero-order valence-electron chi connectivity index (χ0n) is 10.6. The predicted molar refractivity (Wildman–Crippen MR) is 78.1 cm³/mol. The van der Waals surface area contributed by atoms with Crippen molar-refractivity contribution in [1.82, 2.24) is 5.32 Å². The summed E-state index contributed by atoms with van der Waals surface area (Å²) in [5, 5.41) is 7.76. The molecular formula is C12H15N3O3S2. The van der Waals surface area contributed by atoms with E-state index in [1.807, 2.05) is 0 Å². The van der Waals surface area contributed by atoms with Crippen molar-refractivity contribution < 1.29 is 13.2 Å². The maximum absolute atomic E-state index is 12.0. The van der Waals surface area contributed by atoms with Gasteiger partial charge in [-0.05, 0) is 30.5 Å². The largest absolute Gasteiger partial charge is 0.392 e. The van der Waals surface area contributed by atoms with Gasteiger partial charge in [-0.3, -0.25) is 4.79 Å². The van der Waals surface area contributed by atoms with E-state index in [9.17, 15) is 13.2 Å². The van der Waals surface area contributed by atoms with Gasteiger partial charge >= 0.3 is 0 Å². The van der Waals surface area contributed by atoms with Crippen LogP contribution in [0.5, 0.6) is 0 Å². The van der Waals surface area contributed by atoms with E-state index in [2.05, 4.69) is 5.32 Å². The number of amides is 1. The van der Waals surface area contributed by atoms with E-state index in [1.54, 1.807) is 12.1 Å². The molecule has 0 atom stereocenters. The number of hydrogen-bond donors (Lipinski definition) is 3. The summed E-state index contributed by atoms with van der Waals surface area (Å²) < 4.78 is 22.2. The molecule has 1 amide bonds. The first kappa shape index (κ1) is 14.9. The lowest BCUT2D eigenvalue weighted by molar-refractivity contribution is -0.124. The molecule has 8 heteroatoms. The van der Waals surface area contributed by atoms with Crippen molar-refractivity contribution >= 4 is 33.1 Å². The van der Waals surface area contributed by atoms with Gasteiger partial charge in [-0.15, -0.1) is 0 Å². The number of hydrogen-bond acceptors (Lipinski definition) is 4. The van der Waals surface area contributed by atoms with Gasteiger partial charge in [0.1, 0.15) is 0 Å². The lowest BCUT2D eigenvalue weighted by Crippen LogP contribution is -2.39. The molecule has 108 valence electrons. The van der Waals surface area contributed by atoms with E-state index in [-0.39, 0.29) is 22.3 Å². The zero-order valence-corrected chi connectivity index (χ0v) is 12.3. The fourth-order valence-electron chi connectivity index (χ4n) is 1.86. The molecule has 20 heavy (non-hydrogen) atoms. The van der Waals surface area contributed by atoms with E-state index in [0.717, 1.165) is 5.56 Å². The second kappa shape index (κ2) is 5.12. The summed E-state index contributed by atoms with van der Waals surface area (Å²) in [4.78, 5) is 12.2. The summed E-state index contributed by atoms with van der Waals surface area (Å²) in [6.07, 6.45) is 1.36. The lowest BCUT2D eigenvalue weighted by Gasteiger charge is -2.13. The third-order valence-corrected chi connectivity index (χ3v) is 4.68. The molecule has 0 spiro atoms. The summed E-state index contributed by atoms with van der Waals surface area (Å²) in [5.41, 5.74) is 5.64. The lowest BCUT2D eigenvalue weighted by atomic mass is 10.1. The van der Waals surface area contributed by atoms with Gasteiger partial charge in [0, 0.05) is 6.54 Å². The van der Waals surface area contributed by atoms with Crippen LogP contribution in [0.4, 0.5) is 0 Å². The summed E-state index contributed by atoms with van der Waals surface area (Å²) in [6, 6.07) is 6.00. The molecule has 5 N–H and O–H groups in total. The Morgan fingerprint density at radius 1 is 1.30 bits per heavy atom. The summed E-state index contributed by atoms with van der Waals surface area (Å²) in [5.74, 6) is -0.180. The molecule has 0 saturated heterocycles. The van der Waals surface area contributed by atoms with E-state index < -0.39 is 15.4 Å². The van der Waals surface area contributed by atoms with Gasteiger partial charge in [0.05, 0.1) is 15.3 Å². The summed E-state index contributed by atoms with van der Waals surface area (Å²) >= 11 is 4.90. The second-order valence-electron chi connectivity index (χ2n) is 4.82. The van der Waals surface area contributed by atoms with Crippen molar-refractivity contribution in [2.75, 3.05) is 0 Å². The van der Waals surface area contributed by atoms with Crippen LogP contribution in [0.25, 0.3) is 0 Å². The molecule has 0 bridgehead atoms. The van der Waals surface area contributed by atoms with Crippen LogP contribution >= 0.6 is 12.2 Å². The third kappa shape index (κ3) is 2.97. The number of thiocarbonyl (C=S) groups is 1. The van der Waals surface area contributed by atoms with Crippen molar-refractivity contribution in [2.24, 2.45) is 16.3 Å². The number of primary sulfonamides is 1. The van der Waals surface area contributed by atoms with Gasteiger partial charge < -0.3 is 11.1 Å². The van der Waals surface area contributed by atoms with Gasteiger partial charge in [-0.25, -0.2) is 13.6 Å². The molecule has 1 aliphatic rings. The highest BCUT2D eigenvalue weighted by atomic mass is 32.2. The average molecular weight is 313 g/mol. The summed E-state index contributed by atoms with van der Waals surface area (Å²) in [7, 11) is -3.70. The third-order valence-electron chi connectivity index (χ3n) is 3.36. The molecule has 1 aliphatic carbocycles. The van der Waals surface area contributed by atoms with Gasteiger partial charge in [0.2, 0.25) is 15.9 Å². The molecule has 1 aromatic carbocycles. The smallest absolute Gasteiger partial charge is 0.238 e. The minimum Gasteiger partial charge on any atom is -0.392 e. The number of carbonyl (C=O) groups excluding carboxylic acids is 1. The Bertz CT molecular complexity index is 649. The Morgan fingerprint density at radius 3 is 2.25 bits per heavy atom. The van der Waals surface area contributed by atoms with Crippen molar-refractivity contribution in [3.8, 4) is 0 Å². The van der Waals surface area contributed by atoms with Crippen LogP contribution in [0, 0.1) is 5.41 Å². The van der Waals surface area contributed by atoms with E-state index >= 15 is 0 Å². The van der Waals surface area contributed by atoms with Crippen LogP contribution in [0.15, 0.2) is 29.2 Å². The molecule has 0 unspecified atom stereocenters. The van der Waals surface area contributed by atoms with Crippen LogP contribution in [0.1, 0.15) is 18.4 Å². The van der Waals surface area contributed by atoms with E-state index in [4.69, 9.17) is 23.1 Å². The van der Waals surface area contributed by atoms with Crippen LogP contribution in [0.2, 0.25) is 0 Å². The standard InChI is InChI=1S/C12H15N3O3S2/c13-10(19)12(5-6-12)11(16)15-7-8-1-3-9(4-2-8)20(14,17)18/h1-4H,5-7H2,(H2,13,19)(H,15,16)(H2,14,17,18). The number of sulfonamides is 1. The highest BCUT2D eigenvalue weighted by Crippen LogP contribution is 2.46. The molecule has 6 nitrogen and oxygen atoms in total. The van der Waals surface area contributed by atoms with Crippen LogP contribution in [-0.2, 0) is 21.4 Å². The molecule has 1 aromatic rings. The number of benzene rings is 1. The molecule has 1 saturated carbocycles. The van der Waals surface area contributed by atoms with Crippen molar-refractivity contribution in [3.05, 3.63) is 29.8 Å². The quantitative estimate of drug-likeness (QED) is 0.663. The number of carbonyl (C=O) groups is 1. The first-order chi connectivity index (χ1) is 9.25. The molecule has 0 radical (unpaired) electrons. The number of nitrogens with two attached hydrogens (primary N) is 2. The van der Waals surface area contributed by atoms with E-state index in [0.29, 0.717) is 12.8 Å². The number of nitrogens with one attached hydrogen (secondary N) is 1. The molecule has 0 aliphatic heterocycles. The molecule has 1 fully saturated rings. The normalized spacial score (nSPS) is 16.4. The summed E-state index contributed by atoms with van der Waals surface area (Å²) in [6.45, 7) is 0.286. The minimum atomic E-state index is -3.70. The molecule has 2 rings (SSSR count). The maximum atomic E-state index is 12.0. The van der Waals surface area contributed by atoms with Crippen molar-refractivity contribution in [1.29, 1.82) is 0 Å². The van der Waals surface area contributed by atoms with Crippen LogP contribution in [0.3, 0.4) is 0 Å². The van der Waals surface area contributed by atoms with Gasteiger partial charge in [0.25, 0.3) is 0 Å². The molecular weight excluding hydrogens is 298 g/mol. The first-order valence-electron chi connectivity index (χ1n) is 5.96. The van der Waals surface area contributed by atoms with Gasteiger partial charge in [-0.2, -0.15) is 0 Å². The second-order valence-corrected chi connectivity index (χ2v) is 6.82. The fraction of sp³-hybridized carbons (Fsp3) is 0.333. The van der Waals surface area contributed by atoms with E-state index in [1.165, 1.54) is 12.1 Å². The Hall–Kier alpha value is -1.51. The number of rotatable bonds is 5. The van der Waals surface area contributed by atoms with Crippen molar-refractivity contribution in [3.63, 3.8) is 0 Å². The molecule has 0 aromatic heterocycles. The monoisotopic (exact) mass is 313 g/mol. The Labute approximate surface area is 122 Å². The van der Waals surface area contributed by atoms with Gasteiger partial charge in [-0.1, -0.05) is 24.4 Å². The maximum Gasteiger partial charge on any atom is 0.238 e. The first-order valence-corrected chi connectivity index (χ1v) is 7.91. The van der Waals surface area contributed by atoms with Gasteiger partial charge in [0.15, 0.2) is 0 Å². The highest BCUT2D eigenvalue weighted by molar-refractivity contribution is 7.89. The highest BCUT2D eigenvalue weighted by Gasteiger charge is 2.52. The Balaban J connectivity index is 1.99. The van der Waals surface area contributed by atoms with Crippen LogP contribution in [-0.4, -0.2) is 19.3 Å². The predicted octanol–water partition coefficient (Wildman–Crippen LogP) is 0.0165.